The van der Waals surface area contributed by atoms with Gasteiger partial charge >= 0.3 is 0 Å². The first-order chi connectivity index (χ1) is 13.3. The van der Waals surface area contributed by atoms with Gasteiger partial charge < -0.3 is 20.1 Å². The van der Waals surface area contributed by atoms with E-state index in [0.29, 0.717) is 0 Å². The molecule has 7 heteroatoms. The minimum atomic E-state index is 0. The number of benzene rings is 1. The van der Waals surface area contributed by atoms with Crippen molar-refractivity contribution in [3.63, 3.8) is 0 Å². The number of piperazine rings is 1. The minimum absolute atomic E-state index is 0. The lowest BCUT2D eigenvalue weighted by molar-refractivity contribution is 0.139. The maximum Gasteiger partial charge on any atom is 0.191 e. The predicted molar refractivity (Wildman–Crippen MR) is 130 cm³/mol. The van der Waals surface area contributed by atoms with Crippen molar-refractivity contribution < 1.29 is 0 Å². The number of hydrogen-bond donors (Lipinski definition) is 2. The number of nitrogens with zero attached hydrogens (tertiary/aromatic N) is 4. The monoisotopic (exact) mass is 498 g/mol. The lowest BCUT2D eigenvalue weighted by Crippen LogP contribution is -2.49. The van der Waals surface area contributed by atoms with Gasteiger partial charge in [-0.2, -0.15) is 0 Å². The number of aromatic nitrogens is 1. The third kappa shape index (κ3) is 6.63. The van der Waals surface area contributed by atoms with Crippen LogP contribution in [0, 0.1) is 0 Å². The van der Waals surface area contributed by atoms with E-state index in [9.17, 15) is 0 Å². The number of aryl methyl sites for hydroxylation is 1. The molecule has 0 radical (unpaired) electrons. The first-order valence-corrected chi connectivity index (χ1v) is 10.2. The maximum atomic E-state index is 4.34. The van der Waals surface area contributed by atoms with Crippen molar-refractivity contribution in [3.8, 4) is 0 Å². The van der Waals surface area contributed by atoms with Gasteiger partial charge in [0.05, 0.1) is 0 Å². The Hall–Kier alpha value is -1.32. The molecule has 0 amide bonds. The average Bonchev–Trinajstić information content (AvgIpc) is 3.13. The summed E-state index contributed by atoms with van der Waals surface area (Å²) in [5.74, 6) is 0.902. The zero-order valence-electron chi connectivity index (χ0n) is 17.2. The first kappa shape index (κ1) is 23.0. The van der Waals surface area contributed by atoms with Crippen LogP contribution in [0.3, 0.4) is 0 Å². The van der Waals surface area contributed by atoms with Crippen molar-refractivity contribution in [1.29, 1.82) is 0 Å². The Morgan fingerprint density at radius 2 is 1.68 bits per heavy atom. The molecular weight excluding hydrogens is 463 g/mol. The third-order valence-electron chi connectivity index (χ3n) is 5.40. The van der Waals surface area contributed by atoms with E-state index in [-0.39, 0.29) is 24.0 Å². The van der Waals surface area contributed by atoms with Crippen LogP contribution in [0.5, 0.6) is 0 Å². The van der Waals surface area contributed by atoms with Crippen molar-refractivity contribution in [2.45, 2.75) is 19.9 Å². The van der Waals surface area contributed by atoms with Gasteiger partial charge in [-0.25, -0.2) is 0 Å². The summed E-state index contributed by atoms with van der Waals surface area (Å²) in [6.07, 6.45) is 3.24. The number of hydrogen-bond acceptors (Lipinski definition) is 3. The molecule has 1 aromatic carbocycles. The molecule has 3 rings (SSSR count). The van der Waals surface area contributed by atoms with Gasteiger partial charge in [-0.1, -0.05) is 25.1 Å². The molecule has 1 aromatic heterocycles. The number of guanidine groups is 1. The van der Waals surface area contributed by atoms with E-state index in [1.165, 1.54) is 43.6 Å². The van der Waals surface area contributed by atoms with E-state index in [1.54, 1.807) is 0 Å². The normalized spacial score (nSPS) is 16.1. The second kappa shape index (κ2) is 12.3. The minimum Gasteiger partial charge on any atom is -0.356 e. The topological polar surface area (TPSA) is 47.8 Å². The summed E-state index contributed by atoms with van der Waals surface area (Å²) >= 11 is 0. The smallest absolute Gasteiger partial charge is 0.191 e. The fourth-order valence-corrected chi connectivity index (χ4v) is 3.67. The van der Waals surface area contributed by atoms with E-state index in [1.807, 2.05) is 7.05 Å². The van der Waals surface area contributed by atoms with Gasteiger partial charge in [-0.15, -0.1) is 24.0 Å². The van der Waals surface area contributed by atoms with Crippen LogP contribution in [-0.2, 0) is 6.54 Å². The molecule has 1 saturated heterocycles. The Morgan fingerprint density at radius 3 is 2.43 bits per heavy atom. The van der Waals surface area contributed by atoms with Gasteiger partial charge in [0.1, 0.15) is 0 Å². The molecule has 2 heterocycles. The molecule has 0 aliphatic carbocycles. The van der Waals surface area contributed by atoms with Gasteiger partial charge in [0.15, 0.2) is 5.96 Å². The first-order valence-electron chi connectivity index (χ1n) is 10.2. The number of para-hydroxylation sites is 1. The fourth-order valence-electron chi connectivity index (χ4n) is 3.67. The molecule has 156 valence electrons. The van der Waals surface area contributed by atoms with Gasteiger partial charge in [-0.3, -0.25) is 9.89 Å². The molecular formula is C21H35IN6. The van der Waals surface area contributed by atoms with Crippen LogP contribution in [0.4, 0.5) is 0 Å². The number of likely N-dealkylation sites (N-methyl/N-ethyl adjacent to an activating group) is 1. The predicted octanol–water partition coefficient (Wildman–Crippen LogP) is 2.45. The van der Waals surface area contributed by atoms with Crippen LogP contribution >= 0.6 is 24.0 Å². The SMILES string of the molecule is CCN1CCN(CCNC(=NC)NCCCn2ccc3ccccc32)CC1.I. The standard InChI is InChI=1S/C21H34N6.HI/c1-3-25-15-17-26(18-16-25)14-11-24-21(22-2)23-10-6-12-27-13-9-19-7-4-5-8-20(19)27;/h4-5,7-9,13H,3,6,10-12,14-18H2,1-2H3,(H2,22,23,24);1H. The van der Waals surface area contributed by atoms with Crippen molar-refractivity contribution in [2.75, 3.05) is 59.4 Å². The quantitative estimate of drug-likeness (QED) is 0.254. The highest BCUT2D eigenvalue weighted by Crippen LogP contribution is 2.15. The third-order valence-corrected chi connectivity index (χ3v) is 5.40. The van der Waals surface area contributed by atoms with E-state index < -0.39 is 0 Å². The second-order valence-corrected chi connectivity index (χ2v) is 7.12. The van der Waals surface area contributed by atoms with E-state index in [4.69, 9.17) is 0 Å². The van der Waals surface area contributed by atoms with Gasteiger partial charge in [-0.05, 0) is 30.5 Å². The molecule has 1 aliphatic rings. The van der Waals surface area contributed by atoms with Gasteiger partial charge in [0.25, 0.3) is 0 Å². The van der Waals surface area contributed by atoms with Gasteiger partial charge in [0.2, 0.25) is 0 Å². The lowest BCUT2D eigenvalue weighted by Gasteiger charge is -2.34. The fraction of sp³-hybridized carbons (Fsp3) is 0.571. The summed E-state index contributed by atoms with van der Waals surface area (Å²) in [7, 11) is 1.84. The van der Waals surface area contributed by atoms with Crippen molar-refractivity contribution >= 4 is 40.8 Å². The highest BCUT2D eigenvalue weighted by Gasteiger charge is 2.14. The molecule has 6 nitrogen and oxygen atoms in total. The number of halogens is 1. The number of aliphatic imine (C=N–C) groups is 1. The summed E-state index contributed by atoms with van der Waals surface area (Å²) in [6.45, 7) is 12.1. The van der Waals surface area contributed by atoms with Crippen LogP contribution in [0.15, 0.2) is 41.5 Å². The Kier molecular flexibility index (Phi) is 10.1. The molecule has 28 heavy (non-hydrogen) atoms. The van der Waals surface area contributed by atoms with E-state index in [2.05, 4.69) is 73.4 Å². The molecule has 1 fully saturated rings. The second-order valence-electron chi connectivity index (χ2n) is 7.12. The Bertz CT molecular complexity index is 721. The molecule has 0 bridgehead atoms. The number of rotatable bonds is 8. The molecule has 0 saturated carbocycles. The zero-order chi connectivity index (χ0) is 18.9. The highest BCUT2D eigenvalue weighted by molar-refractivity contribution is 14.0. The van der Waals surface area contributed by atoms with Crippen LogP contribution in [0.2, 0.25) is 0 Å². The average molecular weight is 498 g/mol. The van der Waals surface area contributed by atoms with Gasteiger partial charge in [0, 0.05) is 71.1 Å². The summed E-state index contributed by atoms with van der Waals surface area (Å²) in [5.41, 5.74) is 1.31. The maximum absolute atomic E-state index is 4.34. The van der Waals surface area contributed by atoms with Crippen molar-refractivity contribution in [3.05, 3.63) is 36.5 Å². The van der Waals surface area contributed by atoms with E-state index >= 15 is 0 Å². The van der Waals surface area contributed by atoms with Crippen LogP contribution < -0.4 is 10.6 Å². The van der Waals surface area contributed by atoms with Crippen LogP contribution in [0.25, 0.3) is 10.9 Å². The Balaban J connectivity index is 0.00000280. The van der Waals surface area contributed by atoms with Crippen LogP contribution in [0.1, 0.15) is 13.3 Å². The summed E-state index contributed by atoms with van der Waals surface area (Å²) in [6, 6.07) is 10.7. The van der Waals surface area contributed by atoms with E-state index in [0.717, 1.165) is 38.6 Å². The zero-order valence-corrected chi connectivity index (χ0v) is 19.6. The molecule has 0 unspecified atom stereocenters. The molecule has 0 spiro atoms. The number of nitrogens with one attached hydrogen (secondary N) is 2. The molecule has 2 aromatic rings. The molecule has 1 aliphatic heterocycles. The lowest BCUT2D eigenvalue weighted by atomic mass is 10.2. The summed E-state index contributed by atoms with van der Waals surface area (Å²) in [5, 5.41) is 8.18. The summed E-state index contributed by atoms with van der Waals surface area (Å²) < 4.78 is 2.32. The highest BCUT2D eigenvalue weighted by atomic mass is 127. The van der Waals surface area contributed by atoms with Crippen molar-refractivity contribution in [2.24, 2.45) is 4.99 Å². The van der Waals surface area contributed by atoms with Crippen LogP contribution in [-0.4, -0.2) is 79.7 Å². The number of fused-ring (bicyclic) bond motifs is 1. The Morgan fingerprint density at radius 1 is 0.964 bits per heavy atom. The van der Waals surface area contributed by atoms with Crippen molar-refractivity contribution in [1.82, 2.24) is 25.0 Å². The Labute approximate surface area is 186 Å². The molecule has 2 N–H and O–H groups in total. The molecule has 0 atom stereocenters. The summed E-state index contributed by atoms with van der Waals surface area (Å²) in [4.78, 5) is 9.38. The largest absolute Gasteiger partial charge is 0.356 e.